The molecule has 1 aromatic heterocycles. The average Bonchev–Trinajstić information content (AvgIpc) is 2.43. The maximum absolute atomic E-state index is 10.2. The van der Waals surface area contributed by atoms with Gasteiger partial charge in [-0.2, -0.15) is 4.98 Å². The van der Waals surface area contributed by atoms with Gasteiger partial charge in [0.15, 0.2) is 0 Å². The van der Waals surface area contributed by atoms with E-state index in [1.165, 1.54) is 6.07 Å². The van der Waals surface area contributed by atoms with Gasteiger partial charge in [0, 0.05) is 18.2 Å². The molecule has 106 valence electrons. The zero-order valence-corrected chi connectivity index (χ0v) is 11.6. The van der Waals surface area contributed by atoms with Gasteiger partial charge in [-0.25, -0.2) is 4.98 Å². The molecule has 0 fully saturated rings. The summed E-state index contributed by atoms with van der Waals surface area (Å²) in [6, 6.07) is 8.80. The Labute approximate surface area is 121 Å². The van der Waals surface area contributed by atoms with Gasteiger partial charge < -0.3 is 20.9 Å². The molecule has 6 nitrogen and oxygen atoms in total. The van der Waals surface area contributed by atoms with Crippen molar-refractivity contribution in [3.05, 3.63) is 41.0 Å². The second-order valence-corrected chi connectivity index (χ2v) is 4.46. The summed E-state index contributed by atoms with van der Waals surface area (Å²) in [5, 5.41) is 13.4. The Morgan fingerprint density at radius 3 is 2.85 bits per heavy atom. The van der Waals surface area contributed by atoms with Crippen LogP contribution in [0.1, 0.15) is 11.7 Å². The normalized spacial score (nSPS) is 11.9. The number of aliphatic hydroxyl groups is 1. The number of rotatable bonds is 5. The van der Waals surface area contributed by atoms with Crippen LogP contribution in [0.4, 0.5) is 11.8 Å². The fourth-order valence-corrected chi connectivity index (χ4v) is 1.97. The molecular formula is C13H15ClN4O2. The minimum atomic E-state index is -0.749. The SMILES string of the molecule is COc1ccccc1[C@H](O)CNc1cc(Cl)nc(N)n1. The standard InChI is InChI=1S/C13H15ClN4O2/c1-20-10-5-3-2-4-8(10)9(19)7-16-12-6-11(14)17-13(15)18-12/h2-6,9,19H,7H2,1H3,(H3,15,16,17,18)/t9-/m1/s1. The molecule has 1 aromatic carbocycles. The minimum absolute atomic E-state index is 0.0757. The van der Waals surface area contributed by atoms with Crippen molar-refractivity contribution in [1.29, 1.82) is 0 Å². The largest absolute Gasteiger partial charge is 0.496 e. The molecule has 2 rings (SSSR count). The highest BCUT2D eigenvalue weighted by Gasteiger charge is 2.13. The van der Waals surface area contributed by atoms with Crippen LogP contribution in [0.25, 0.3) is 0 Å². The van der Waals surface area contributed by atoms with Crippen LogP contribution in [0.5, 0.6) is 5.75 Å². The number of aromatic nitrogens is 2. The first-order chi connectivity index (χ1) is 9.60. The van der Waals surface area contributed by atoms with Crippen molar-refractivity contribution in [3.8, 4) is 5.75 Å². The number of anilines is 2. The number of aliphatic hydroxyl groups excluding tert-OH is 1. The van der Waals surface area contributed by atoms with Crippen molar-refractivity contribution in [2.75, 3.05) is 24.7 Å². The Kier molecular flexibility index (Phi) is 4.60. The van der Waals surface area contributed by atoms with Gasteiger partial charge in [-0.3, -0.25) is 0 Å². The maximum Gasteiger partial charge on any atom is 0.223 e. The predicted octanol–water partition coefficient (Wildman–Crippen LogP) is 1.87. The quantitative estimate of drug-likeness (QED) is 0.729. The van der Waals surface area contributed by atoms with E-state index in [0.717, 1.165) is 0 Å². The van der Waals surface area contributed by atoms with E-state index in [1.807, 2.05) is 12.1 Å². The molecule has 0 aliphatic heterocycles. The molecule has 0 radical (unpaired) electrons. The van der Waals surface area contributed by atoms with E-state index in [9.17, 15) is 5.11 Å². The van der Waals surface area contributed by atoms with Gasteiger partial charge in [-0.1, -0.05) is 29.8 Å². The lowest BCUT2D eigenvalue weighted by Gasteiger charge is -2.15. The highest BCUT2D eigenvalue weighted by Crippen LogP contribution is 2.25. The number of nitrogens with zero attached hydrogens (tertiary/aromatic N) is 2. The van der Waals surface area contributed by atoms with E-state index >= 15 is 0 Å². The second-order valence-electron chi connectivity index (χ2n) is 4.07. The van der Waals surface area contributed by atoms with Crippen molar-refractivity contribution < 1.29 is 9.84 Å². The van der Waals surface area contributed by atoms with Crippen LogP contribution in [0.3, 0.4) is 0 Å². The third-order valence-corrected chi connectivity index (χ3v) is 2.88. The molecule has 0 amide bonds. The molecule has 2 aromatic rings. The van der Waals surface area contributed by atoms with Gasteiger partial charge in [0.2, 0.25) is 5.95 Å². The molecule has 4 N–H and O–H groups in total. The number of hydrogen-bond acceptors (Lipinski definition) is 6. The van der Waals surface area contributed by atoms with Crippen molar-refractivity contribution >= 4 is 23.4 Å². The van der Waals surface area contributed by atoms with Gasteiger partial charge in [-0.05, 0) is 6.07 Å². The third-order valence-electron chi connectivity index (χ3n) is 2.69. The smallest absolute Gasteiger partial charge is 0.223 e. The van der Waals surface area contributed by atoms with Crippen molar-refractivity contribution in [2.24, 2.45) is 0 Å². The van der Waals surface area contributed by atoms with E-state index in [0.29, 0.717) is 17.1 Å². The highest BCUT2D eigenvalue weighted by molar-refractivity contribution is 6.29. The summed E-state index contributed by atoms with van der Waals surface area (Å²) < 4.78 is 5.20. The first kappa shape index (κ1) is 14.4. The van der Waals surface area contributed by atoms with Crippen LogP contribution in [-0.4, -0.2) is 28.7 Å². The van der Waals surface area contributed by atoms with Crippen molar-refractivity contribution in [2.45, 2.75) is 6.10 Å². The Morgan fingerprint density at radius 1 is 1.40 bits per heavy atom. The maximum atomic E-state index is 10.2. The van der Waals surface area contributed by atoms with Crippen LogP contribution in [0.15, 0.2) is 30.3 Å². The minimum Gasteiger partial charge on any atom is -0.496 e. The second kappa shape index (κ2) is 6.40. The van der Waals surface area contributed by atoms with E-state index in [2.05, 4.69) is 15.3 Å². The zero-order chi connectivity index (χ0) is 14.5. The third kappa shape index (κ3) is 3.49. The Morgan fingerprint density at radius 2 is 2.15 bits per heavy atom. The number of benzene rings is 1. The van der Waals surface area contributed by atoms with Crippen molar-refractivity contribution in [1.82, 2.24) is 9.97 Å². The summed E-state index contributed by atoms with van der Waals surface area (Å²) in [5.74, 6) is 1.16. The number of nitrogens with one attached hydrogen (secondary N) is 1. The Bertz CT molecular complexity index is 574. The molecule has 0 aliphatic carbocycles. The van der Waals surface area contributed by atoms with Gasteiger partial charge in [0.25, 0.3) is 0 Å². The Hall–Kier alpha value is -2.05. The van der Waals surface area contributed by atoms with Crippen LogP contribution < -0.4 is 15.8 Å². The summed E-state index contributed by atoms with van der Waals surface area (Å²) in [6.07, 6.45) is -0.749. The van der Waals surface area contributed by atoms with Crippen LogP contribution in [0.2, 0.25) is 5.15 Å². The molecule has 0 saturated heterocycles. The first-order valence-electron chi connectivity index (χ1n) is 5.95. The number of nitrogens with two attached hydrogens (primary N) is 1. The monoisotopic (exact) mass is 294 g/mol. The van der Waals surface area contributed by atoms with Gasteiger partial charge in [-0.15, -0.1) is 0 Å². The predicted molar refractivity (Wildman–Crippen MR) is 77.9 cm³/mol. The van der Waals surface area contributed by atoms with Crippen LogP contribution in [0, 0.1) is 0 Å². The number of hydrogen-bond donors (Lipinski definition) is 3. The number of para-hydroxylation sites is 1. The lowest BCUT2D eigenvalue weighted by Crippen LogP contribution is -2.14. The molecule has 0 bridgehead atoms. The van der Waals surface area contributed by atoms with E-state index in [1.54, 1.807) is 19.2 Å². The molecule has 20 heavy (non-hydrogen) atoms. The van der Waals surface area contributed by atoms with Gasteiger partial charge >= 0.3 is 0 Å². The lowest BCUT2D eigenvalue weighted by atomic mass is 10.1. The molecule has 0 saturated carbocycles. The average molecular weight is 295 g/mol. The van der Waals surface area contributed by atoms with E-state index in [-0.39, 0.29) is 17.6 Å². The van der Waals surface area contributed by atoms with Gasteiger partial charge in [0.05, 0.1) is 13.2 Å². The Balaban J connectivity index is 2.06. The molecule has 0 aliphatic rings. The number of methoxy groups -OCH3 is 1. The molecule has 0 spiro atoms. The van der Waals surface area contributed by atoms with Crippen LogP contribution >= 0.6 is 11.6 Å². The van der Waals surface area contributed by atoms with Gasteiger partial charge in [0.1, 0.15) is 16.7 Å². The summed E-state index contributed by atoms with van der Waals surface area (Å²) in [4.78, 5) is 7.73. The number of halogens is 1. The summed E-state index contributed by atoms with van der Waals surface area (Å²) in [7, 11) is 1.56. The molecule has 1 atom stereocenters. The van der Waals surface area contributed by atoms with E-state index in [4.69, 9.17) is 22.1 Å². The summed E-state index contributed by atoms with van der Waals surface area (Å²) in [5.41, 5.74) is 6.18. The molecular weight excluding hydrogens is 280 g/mol. The highest BCUT2D eigenvalue weighted by atomic mass is 35.5. The number of ether oxygens (including phenoxy) is 1. The molecule has 0 unspecified atom stereocenters. The van der Waals surface area contributed by atoms with Crippen LogP contribution in [-0.2, 0) is 0 Å². The lowest BCUT2D eigenvalue weighted by molar-refractivity contribution is 0.187. The summed E-state index contributed by atoms with van der Waals surface area (Å²) >= 11 is 5.78. The molecule has 1 heterocycles. The van der Waals surface area contributed by atoms with E-state index < -0.39 is 6.10 Å². The fourth-order valence-electron chi connectivity index (χ4n) is 1.78. The molecule has 7 heteroatoms. The number of nitrogen functional groups attached to an aromatic ring is 1. The van der Waals surface area contributed by atoms with Crippen molar-refractivity contribution in [3.63, 3.8) is 0 Å². The fraction of sp³-hybridized carbons (Fsp3) is 0.231. The summed E-state index contributed by atoms with van der Waals surface area (Å²) in [6.45, 7) is 0.243. The topological polar surface area (TPSA) is 93.3 Å². The first-order valence-corrected chi connectivity index (χ1v) is 6.33. The zero-order valence-electron chi connectivity index (χ0n) is 10.9.